The first-order valence-corrected chi connectivity index (χ1v) is 11.5. The largest absolute Gasteiger partial charge is 0.441 e. The summed E-state index contributed by atoms with van der Waals surface area (Å²) in [5.74, 6) is 0.837. The maximum absolute atomic E-state index is 12.9. The molecule has 0 radical (unpaired) electrons. The maximum atomic E-state index is 12.9. The topological polar surface area (TPSA) is 97.2 Å². The van der Waals surface area contributed by atoms with E-state index in [1.54, 1.807) is 11.0 Å². The highest BCUT2D eigenvalue weighted by Crippen LogP contribution is 2.43. The van der Waals surface area contributed by atoms with E-state index in [1.165, 1.54) is 0 Å². The molecule has 3 aromatic rings. The van der Waals surface area contributed by atoms with Crippen LogP contribution in [0, 0.1) is 24.2 Å². The molecule has 1 amide bonds. The van der Waals surface area contributed by atoms with Gasteiger partial charge in [0.15, 0.2) is 0 Å². The highest BCUT2D eigenvalue weighted by molar-refractivity contribution is 5.89. The van der Waals surface area contributed by atoms with Crippen molar-refractivity contribution in [3.05, 3.63) is 41.3 Å². The van der Waals surface area contributed by atoms with Gasteiger partial charge in [-0.25, -0.2) is 14.7 Å². The highest BCUT2D eigenvalue weighted by atomic mass is 16.6. The molecule has 0 N–H and O–H groups in total. The number of nitriles is 1. The zero-order valence-electron chi connectivity index (χ0n) is 19.6. The van der Waals surface area contributed by atoms with Gasteiger partial charge in [-0.15, -0.1) is 0 Å². The Balaban J connectivity index is 1.35. The summed E-state index contributed by atoms with van der Waals surface area (Å²) in [5, 5.41) is 13.5. The normalized spacial score (nSPS) is 23.3. The van der Waals surface area contributed by atoms with Gasteiger partial charge in [0.05, 0.1) is 41.2 Å². The summed E-state index contributed by atoms with van der Waals surface area (Å²) in [5.41, 5.74) is 3.54. The second-order valence-corrected chi connectivity index (χ2v) is 10.5. The average Bonchev–Trinajstić information content (AvgIpc) is 3.43. The van der Waals surface area contributed by atoms with Crippen molar-refractivity contribution in [3.63, 3.8) is 0 Å². The summed E-state index contributed by atoms with van der Waals surface area (Å²) in [6.45, 7) is 9.45. The van der Waals surface area contributed by atoms with Gasteiger partial charge in [0.25, 0.3) is 0 Å². The van der Waals surface area contributed by atoms with Gasteiger partial charge >= 0.3 is 6.09 Å². The Morgan fingerprint density at radius 2 is 2.15 bits per heavy atom. The van der Waals surface area contributed by atoms with Crippen LogP contribution >= 0.6 is 0 Å². The molecular formula is C25H29N5O3. The Morgan fingerprint density at radius 3 is 2.88 bits per heavy atom. The van der Waals surface area contributed by atoms with Gasteiger partial charge in [-0.05, 0) is 56.7 Å². The molecular weight excluding hydrogens is 418 g/mol. The number of anilines is 1. The van der Waals surface area contributed by atoms with Gasteiger partial charge in [0, 0.05) is 17.5 Å². The smallest absolute Gasteiger partial charge is 0.417 e. The summed E-state index contributed by atoms with van der Waals surface area (Å²) >= 11 is 0. The Morgan fingerprint density at radius 1 is 1.33 bits per heavy atom. The first kappa shape index (κ1) is 21.5. The quantitative estimate of drug-likeness (QED) is 0.555. The molecule has 2 atom stereocenters. The third-order valence-corrected chi connectivity index (χ3v) is 6.94. The molecule has 33 heavy (non-hydrogen) atoms. The Bertz CT molecular complexity index is 1260. The molecule has 1 saturated carbocycles. The fraction of sp³-hybridized carbons (Fsp3) is 0.520. The molecule has 172 valence electrons. The minimum atomic E-state index is -0.519. The van der Waals surface area contributed by atoms with Gasteiger partial charge in [-0.3, -0.25) is 0 Å². The van der Waals surface area contributed by atoms with E-state index in [9.17, 15) is 10.1 Å². The number of benzene rings is 1. The summed E-state index contributed by atoms with van der Waals surface area (Å²) in [7, 11) is 0. The molecule has 2 aliphatic rings. The number of hydrogen-bond acceptors (Lipinski definition) is 6. The van der Waals surface area contributed by atoms with E-state index in [0.29, 0.717) is 23.9 Å². The van der Waals surface area contributed by atoms with Crippen LogP contribution in [-0.4, -0.2) is 32.9 Å². The number of carbonyl (C=O) groups is 1. The van der Waals surface area contributed by atoms with Crippen LogP contribution < -0.4 is 4.90 Å². The molecule has 1 spiro atoms. The van der Waals surface area contributed by atoms with Crippen LogP contribution in [-0.2, 0) is 16.7 Å². The Labute approximate surface area is 193 Å². The SMILES string of the molecule is Cc1c(C(C)(C)C)noc1N1CC2(CCCC(Cn3cnc4ccc(C#N)cc43)C2)OC1=O. The minimum Gasteiger partial charge on any atom is -0.441 e. The Kier molecular flexibility index (Phi) is 4.96. The van der Waals surface area contributed by atoms with Crippen molar-refractivity contribution in [1.29, 1.82) is 5.26 Å². The second-order valence-electron chi connectivity index (χ2n) is 10.5. The van der Waals surface area contributed by atoms with Gasteiger partial charge in [0.1, 0.15) is 5.60 Å². The van der Waals surface area contributed by atoms with Crippen molar-refractivity contribution < 1.29 is 14.1 Å². The molecule has 3 heterocycles. The Hall–Kier alpha value is -3.34. The number of hydrogen-bond donors (Lipinski definition) is 0. The average molecular weight is 448 g/mol. The first-order valence-electron chi connectivity index (χ1n) is 11.5. The summed E-state index contributed by atoms with van der Waals surface area (Å²) < 4.78 is 13.8. The predicted molar refractivity (Wildman–Crippen MR) is 123 cm³/mol. The number of aromatic nitrogens is 3. The summed E-state index contributed by atoms with van der Waals surface area (Å²) in [6.07, 6.45) is 5.16. The van der Waals surface area contributed by atoms with Gasteiger partial charge < -0.3 is 13.8 Å². The summed E-state index contributed by atoms with van der Waals surface area (Å²) in [4.78, 5) is 19.0. The van der Waals surface area contributed by atoms with E-state index in [-0.39, 0.29) is 11.5 Å². The van der Waals surface area contributed by atoms with E-state index in [1.807, 2.05) is 25.4 Å². The number of carbonyl (C=O) groups excluding carboxylic acids is 1. The zero-order chi connectivity index (χ0) is 23.4. The van der Waals surface area contributed by atoms with E-state index in [2.05, 4.69) is 41.5 Å². The van der Waals surface area contributed by atoms with Crippen LogP contribution in [0.5, 0.6) is 0 Å². The minimum absolute atomic E-state index is 0.165. The van der Waals surface area contributed by atoms with E-state index in [4.69, 9.17) is 9.26 Å². The zero-order valence-corrected chi connectivity index (χ0v) is 19.6. The first-order chi connectivity index (χ1) is 15.7. The second kappa shape index (κ2) is 7.62. The van der Waals surface area contributed by atoms with Crippen LogP contribution in [0.2, 0.25) is 0 Å². The molecule has 1 saturated heterocycles. The summed E-state index contributed by atoms with van der Waals surface area (Å²) in [6, 6.07) is 7.76. The number of ether oxygens (including phenoxy) is 1. The number of nitrogens with zero attached hydrogens (tertiary/aromatic N) is 5. The van der Waals surface area contributed by atoms with Crippen LogP contribution in [0.4, 0.5) is 10.7 Å². The van der Waals surface area contributed by atoms with Crippen LogP contribution in [0.15, 0.2) is 29.0 Å². The number of fused-ring (bicyclic) bond motifs is 1. The standard InChI is InChI=1S/C25H29N5O3/c1-16-21(24(2,3)4)28-33-22(16)30-14-25(32-23(30)31)9-5-6-18(11-25)13-29-15-27-19-8-7-17(12-26)10-20(19)29/h7-8,10,15,18H,5-6,9,11,13-14H2,1-4H3. The molecule has 1 aliphatic carbocycles. The van der Waals surface area contributed by atoms with Crippen molar-refractivity contribution in [2.75, 3.05) is 11.4 Å². The monoisotopic (exact) mass is 447 g/mol. The van der Waals surface area contributed by atoms with Gasteiger partial charge in [-0.2, -0.15) is 5.26 Å². The van der Waals surface area contributed by atoms with E-state index in [0.717, 1.165) is 54.5 Å². The number of imidazole rings is 1. The van der Waals surface area contributed by atoms with Crippen molar-refractivity contribution in [2.24, 2.45) is 5.92 Å². The predicted octanol–water partition coefficient (Wildman–Crippen LogP) is 5.09. The van der Waals surface area contributed by atoms with Crippen LogP contribution in [0.3, 0.4) is 0 Å². The fourth-order valence-electron chi connectivity index (χ4n) is 5.44. The molecule has 1 aliphatic heterocycles. The number of amides is 1. The lowest BCUT2D eigenvalue weighted by atomic mass is 9.78. The van der Waals surface area contributed by atoms with Crippen molar-refractivity contribution in [1.82, 2.24) is 14.7 Å². The molecule has 8 heteroatoms. The molecule has 1 aromatic carbocycles. The lowest BCUT2D eigenvalue weighted by molar-refractivity contribution is 0.00438. The van der Waals surface area contributed by atoms with Crippen LogP contribution in [0.25, 0.3) is 11.0 Å². The van der Waals surface area contributed by atoms with Crippen molar-refractivity contribution in [2.45, 2.75) is 70.9 Å². The third-order valence-electron chi connectivity index (χ3n) is 6.94. The van der Waals surface area contributed by atoms with Crippen molar-refractivity contribution in [3.8, 4) is 6.07 Å². The molecule has 5 rings (SSSR count). The van der Waals surface area contributed by atoms with Gasteiger partial charge in [-0.1, -0.05) is 25.9 Å². The lowest BCUT2D eigenvalue weighted by Crippen LogP contribution is -2.40. The number of rotatable bonds is 3. The lowest BCUT2D eigenvalue weighted by Gasteiger charge is -2.36. The van der Waals surface area contributed by atoms with Gasteiger partial charge in [0.2, 0.25) is 5.88 Å². The van der Waals surface area contributed by atoms with E-state index < -0.39 is 5.60 Å². The molecule has 2 fully saturated rings. The fourth-order valence-corrected chi connectivity index (χ4v) is 5.44. The molecule has 8 nitrogen and oxygen atoms in total. The molecule has 2 unspecified atom stereocenters. The van der Waals surface area contributed by atoms with Crippen molar-refractivity contribution >= 4 is 23.0 Å². The van der Waals surface area contributed by atoms with E-state index >= 15 is 0 Å². The third kappa shape index (κ3) is 3.75. The maximum Gasteiger partial charge on any atom is 0.417 e. The van der Waals surface area contributed by atoms with Crippen LogP contribution in [0.1, 0.15) is 63.3 Å². The highest BCUT2D eigenvalue weighted by Gasteiger charge is 2.50. The molecule has 2 aromatic heterocycles. The molecule has 0 bridgehead atoms.